The van der Waals surface area contributed by atoms with Crippen LogP contribution in [0, 0.1) is 0 Å². The zero-order valence-electron chi connectivity index (χ0n) is 19.0. The van der Waals surface area contributed by atoms with Gasteiger partial charge in [-0.25, -0.2) is 0 Å². The van der Waals surface area contributed by atoms with Crippen LogP contribution in [0.15, 0.2) is 82.0 Å². The van der Waals surface area contributed by atoms with Gasteiger partial charge in [-0.3, -0.25) is 9.59 Å². The topological polar surface area (TPSA) is 71.8 Å². The summed E-state index contributed by atoms with van der Waals surface area (Å²) in [5, 5.41) is 2.89. The number of halogens is 3. The first-order chi connectivity index (χ1) is 17.3. The molecule has 1 N–H and O–H groups in total. The van der Waals surface area contributed by atoms with Crippen molar-refractivity contribution in [3.8, 4) is 11.3 Å². The number of carbonyl (C=O) groups is 1. The number of para-hydroxylation sites is 1. The SMILES string of the molecule is O=C(Nc1cccc2c(=O)cc(-c3ccccc3C(F)(F)F)oc12)c1cccc(N2CCOCC2)c1. The Labute approximate surface area is 203 Å². The van der Waals surface area contributed by atoms with Crippen LogP contribution < -0.4 is 15.6 Å². The lowest BCUT2D eigenvalue weighted by Gasteiger charge is -2.29. The van der Waals surface area contributed by atoms with Crippen molar-refractivity contribution in [2.24, 2.45) is 0 Å². The highest BCUT2D eigenvalue weighted by Gasteiger charge is 2.34. The van der Waals surface area contributed by atoms with E-state index in [1.54, 1.807) is 24.3 Å². The van der Waals surface area contributed by atoms with Crippen molar-refractivity contribution in [2.75, 3.05) is 36.5 Å². The van der Waals surface area contributed by atoms with E-state index in [0.29, 0.717) is 31.9 Å². The third-order valence-corrected chi connectivity index (χ3v) is 5.99. The second-order valence-corrected chi connectivity index (χ2v) is 8.30. The van der Waals surface area contributed by atoms with Gasteiger partial charge in [-0.15, -0.1) is 0 Å². The van der Waals surface area contributed by atoms with Crippen molar-refractivity contribution in [2.45, 2.75) is 6.18 Å². The molecule has 1 amide bonds. The molecule has 4 aromatic rings. The number of morpholine rings is 1. The smallest absolute Gasteiger partial charge is 0.417 e. The molecule has 0 unspecified atom stereocenters. The molecule has 0 bridgehead atoms. The zero-order valence-corrected chi connectivity index (χ0v) is 19.0. The minimum absolute atomic E-state index is 0.00494. The summed E-state index contributed by atoms with van der Waals surface area (Å²) in [5.41, 5.74) is -0.267. The second kappa shape index (κ2) is 9.50. The fourth-order valence-electron chi connectivity index (χ4n) is 4.21. The Morgan fingerprint density at radius 3 is 2.44 bits per heavy atom. The van der Waals surface area contributed by atoms with Gasteiger partial charge in [0.2, 0.25) is 0 Å². The molecule has 5 rings (SSSR count). The molecule has 0 saturated carbocycles. The number of hydrogen-bond donors (Lipinski definition) is 1. The molecule has 1 aliphatic heterocycles. The number of carbonyl (C=O) groups excluding carboxylic acids is 1. The molecule has 3 aromatic carbocycles. The van der Waals surface area contributed by atoms with Crippen LogP contribution in [0.2, 0.25) is 0 Å². The molecular weight excluding hydrogens is 473 g/mol. The van der Waals surface area contributed by atoms with Gasteiger partial charge < -0.3 is 19.4 Å². The van der Waals surface area contributed by atoms with Gasteiger partial charge in [0.15, 0.2) is 11.0 Å². The van der Waals surface area contributed by atoms with Crippen molar-refractivity contribution in [3.63, 3.8) is 0 Å². The number of benzene rings is 3. The Balaban J connectivity index is 1.52. The molecule has 1 fully saturated rings. The Kier molecular flexibility index (Phi) is 6.24. The molecule has 1 saturated heterocycles. The van der Waals surface area contributed by atoms with E-state index in [1.807, 2.05) is 6.07 Å². The quantitative estimate of drug-likeness (QED) is 0.402. The van der Waals surface area contributed by atoms with Crippen LogP contribution >= 0.6 is 0 Å². The lowest BCUT2D eigenvalue weighted by atomic mass is 10.0. The summed E-state index contributed by atoms with van der Waals surface area (Å²) in [6.45, 7) is 2.62. The van der Waals surface area contributed by atoms with Crippen molar-refractivity contribution in [3.05, 3.63) is 94.1 Å². The summed E-state index contributed by atoms with van der Waals surface area (Å²) in [6, 6.07) is 17.6. The molecule has 6 nitrogen and oxygen atoms in total. The van der Waals surface area contributed by atoms with Crippen molar-refractivity contribution >= 4 is 28.3 Å². The lowest BCUT2D eigenvalue weighted by molar-refractivity contribution is -0.137. The first-order valence-electron chi connectivity index (χ1n) is 11.3. The summed E-state index contributed by atoms with van der Waals surface area (Å²) in [7, 11) is 0. The third-order valence-electron chi connectivity index (χ3n) is 5.99. The Morgan fingerprint density at radius 2 is 1.67 bits per heavy atom. The second-order valence-electron chi connectivity index (χ2n) is 8.30. The third kappa shape index (κ3) is 4.70. The van der Waals surface area contributed by atoms with Gasteiger partial charge in [-0.1, -0.05) is 30.3 Å². The Bertz CT molecular complexity index is 1490. The van der Waals surface area contributed by atoms with E-state index in [2.05, 4.69) is 10.2 Å². The predicted molar refractivity (Wildman–Crippen MR) is 130 cm³/mol. The normalized spacial score (nSPS) is 14.1. The maximum atomic E-state index is 13.6. The van der Waals surface area contributed by atoms with E-state index in [1.165, 1.54) is 30.3 Å². The summed E-state index contributed by atoms with van der Waals surface area (Å²) in [5.74, 6) is -0.683. The fraction of sp³-hybridized carbons (Fsp3) is 0.185. The maximum absolute atomic E-state index is 13.6. The number of amides is 1. The fourth-order valence-corrected chi connectivity index (χ4v) is 4.21. The number of rotatable bonds is 4. The van der Waals surface area contributed by atoms with Crippen LogP contribution in [0.5, 0.6) is 0 Å². The monoisotopic (exact) mass is 494 g/mol. The zero-order chi connectivity index (χ0) is 25.3. The molecular formula is C27H21F3N2O4. The number of anilines is 2. The number of alkyl halides is 3. The standard InChI is InChI=1S/C27H21F3N2O4/c28-27(29,30)21-9-2-1-7-19(21)24-16-23(33)20-8-4-10-22(25(20)36-24)31-26(34)17-5-3-6-18(15-17)32-11-13-35-14-12-32/h1-10,15-16H,11-14H2,(H,31,34). The van der Waals surface area contributed by atoms with Gasteiger partial charge in [-0.05, 0) is 36.4 Å². The predicted octanol–water partition coefficient (Wildman–Crippen LogP) is 5.57. The Hall–Kier alpha value is -4.11. The minimum atomic E-state index is -4.64. The Morgan fingerprint density at radius 1 is 0.917 bits per heavy atom. The first-order valence-corrected chi connectivity index (χ1v) is 11.3. The molecule has 1 aromatic heterocycles. The highest BCUT2D eigenvalue weighted by atomic mass is 19.4. The van der Waals surface area contributed by atoms with Crippen molar-refractivity contribution < 1.29 is 27.1 Å². The van der Waals surface area contributed by atoms with Crippen molar-refractivity contribution in [1.82, 2.24) is 0 Å². The molecule has 0 atom stereocenters. The molecule has 9 heteroatoms. The van der Waals surface area contributed by atoms with E-state index in [0.717, 1.165) is 17.8 Å². The van der Waals surface area contributed by atoms with E-state index in [4.69, 9.17) is 9.15 Å². The average Bonchev–Trinajstić information content (AvgIpc) is 2.89. The molecule has 1 aliphatic rings. The van der Waals surface area contributed by atoms with Gasteiger partial charge in [0, 0.05) is 36.0 Å². The summed E-state index contributed by atoms with van der Waals surface area (Å²) >= 11 is 0. The van der Waals surface area contributed by atoms with Gasteiger partial charge in [0.25, 0.3) is 5.91 Å². The maximum Gasteiger partial charge on any atom is 0.417 e. The van der Waals surface area contributed by atoms with Crippen LogP contribution in [0.3, 0.4) is 0 Å². The summed E-state index contributed by atoms with van der Waals surface area (Å²) < 4.78 is 51.9. The number of hydrogen-bond acceptors (Lipinski definition) is 5. The minimum Gasteiger partial charge on any atom is -0.454 e. The lowest BCUT2D eigenvalue weighted by Crippen LogP contribution is -2.36. The molecule has 184 valence electrons. The number of nitrogens with one attached hydrogen (secondary N) is 1. The van der Waals surface area contributed by atoms with Gasteiger partial charge >= 0.3 is 6.18 Å². The van der Waals surface area contributed by atoms with Crippen LogP contribution in [-0.2, 0) is 10.9 Å². The molecule has 36 heavy (non-hydrogen) atoms. The first kappa shape index (κ1) is 23.6. The highest BCUT2D eigenvalue weighted by molar-refractivity contribution is 6.08. The summed E-state index contributed by atoms with van der Waals surface area (Å²) in [6.07, 6.45) is -4.64. The average molecular weight is 494 g/mol. The molecule has 0 aliphatic carbocycles. The highest BCUT2D eigenvalue weighted by Crippen LogP contribution is 2.38. The van der Waals surface area contributed by atoms with E-state index in [9.17, 15) is 22.8 Å². The van der Waals surface area contributed by atoms with E-state index < -0.39 is 23.1 Å². The van der Waals surface area contributed by atoms with E-state index in [-0.39, 0.29) is 28.0 Å². The van der Waals surface area contributed by atoms with Crippen LogP contribution in [0.25, 0.3) is 22.3 Å². The van der Waals surface area contributed by atoms with Gasteiger partial charge in [0.05, 0.1) is 29.9 Å². The molecule has 0 radical (unpaired) electrons. The molecule has 0 spiro atoms. The van der Waals surface area contributed by atoms with E-state index >= 15 is 0 Å². The van der Waals surface area contributed by atoms with Crippen molar-refractivity contribution in [1.29, 1.82) is 0 Å². The van der Waals surface area contributed by atoms with Crippen LogP contribution in [0.1, 0.15) is 15.9 Å². The van der Waals surface area contributed by atoms with Gasteiger partial charge in [0.1, 0.15) is 5.76 Å². The molecule has 2 heterocycles. The summed E-state index contributed by atoms with van der Waals surface area (Å²) in [4.78, 5) is 28.0. The van der Waals surface area contributed by atoms with Crippen LogP contribution in [-0.4, -0.2) is 32.2 Å². The van der Waals surface area contributed by atoms with Crippen LogP contribution in [0.4, 0.5) is 24.5 Å². The number of fused-ring (bicyclic) bond motifs is 1. The number of nitrogens with zero attached hydrogens (tertiary/aromatic N) is 1. The van der Waals surface area contributed by atoms with Gasteiger partial charge in [-0.2, -0.15) is 13.2 Å². The number of ether oxygens (including phenoxy) is 1. The largest absolute Gasteiger partial charge is 0.454 e.